The number of halogens is 7. The Morgan fingerprint density at radius 1 is 0.827 bits per heavy atom. The van der Waals surface area contributed by atoms with E-state index >= 15 is 4.39 Å². The molecule has 0 saturated carbocycles. The Morgan fingerprint density at radius 2 is 1.46 bits per heavy atom. The molecular formula is C38H33F7N4O3. The quantitative estimate of drug-likeness (QED) is 0.134. The van der Waals surface area contributed by atoms with E-state index in [9.17, 15) is 41.0 Å². The van der Waals surface area contributed by atoms with E-state index < -0.39 is 60.4 Å². The second-order valence-corrected chi connectivity index (χ2v) is 12.8. The number of anilines is 1. The van der Waals surface area contributed by atoms with Crippen molar-refractivity contribution >= 4 is 39.1 Å². The van der Waals surface area contributed by atoms with Crippen LogP contribution >= 0.6 is 0 Å². The molecule has 14 heteroatoms. The van der Waals surface area contributed by atoms with Gasteiger partial charge in [-0.05, 0) is 82.5 Å². The highest BCUT2D eigenvalue weighted by Gasteiger charge is 2.38. The van der Waals surface area contributed by atoms with E-state index in [2.05, 4.69) is 10.3 Å². The van der Waals surface area contributed by atoms with E-state index in [0.717, 1.165) is 46.2 Å². The number of carbonyl (C=O) groups excluding carboxylic acids is 1. The molecule has 2 N–H and O–H groups in total. The predicted molar refractivity (Wildman–Crippen MR) is 183 cm³/mol. The summed E-state index contributed by atoms with van der Waals surface area (Å²) < 4.78 is 95.9. The molecule has 1 aromatic heterocycles. The second-order valence-electron chi connectivity index (χ2n) is 12.8. The highest BCUT2D eigenvalue weighted by Crippen LogP contribution is 2.35. The summed E-state index contributed by atoms with van der Waals surface area (Å²) in [6, 6.07) is 18.5. The minimum atomic E-state index is -5.05. The molecule has 1 fully saturated rings. The average molecular weight is 727 g/mol. The number of carboxylic acid groups (broad SMARTS) is 1. The summed E-state index contributed by atoms with van der Waals surface area (Å²) in [5, 5.41) is 16.0. The van der Waals surface area contributed by atoms with E-state index in [0.29, 0.717) is 30.1 Å². The van der Waals surface area contributed by atoms with E-state index in [1.165, 1.54) is 0 Å². The Bertz CT molecular complexity index is 2090. The van der Waals surface area contributed by atoms with Crippen molar-refractivity contribution in [2.75, 3.05) is 31.1 Å². The zero-order chi connectivity index (χ0) is 37.2. The zero-order valence-corrected chi connectivity index (χ0v) is 27.6. The number of rotatable bonds is 11. The molecule has 2 heterocycles. The van der Waals surface area contributed by atoms with Crippen molar-refractivity contribution in [2.24, 2.45) is 0 Å². The number of aromatic nitrogens is 1. The number of hydrogen-bond acceptors (Lipinski definition) is 5. The summed E-state index contributed by atoms with van der Waals surface area (Å²) >= 11 is 0. The van der Waals surface area contributed by atoms with Crippen LogP contribution in [-0.2, 0) is 17.8 Å². The number of nitrogens with zero attached hydrogens (tertiary/aromatic N) is 3. The van der Waals surface area contributed by atoms with Gasteiger partial charge in [-0.25, -0.2) is 9.18 Å². The molecule has 0 bridgehead atoms. The fourth-order valence-electron chi connectivity index (χ4n) is 6.85. The summed E-state index contributed by atoms with van der Waals surface area (Å²) in [7, 11) is 0. The van der Waals surface area contributed by atoms with E-state index in [4.69, 9.17) is 0 Å². The van der Waals surface area contributed by atoms with Crippen LogP contribution in [0.2, 0.25) is 0 Å². The highest BCUT2D eigenvalue weighted by atomic mass is 19.4. The number of likely N-dealkylation sites (tertiary alicyclic amines) is 1. The topological polar surface area (TPSA) is 85.8 Å². The van der Waals surface area contributed by atoms with Crippen molar-refractivity contribution in [3.63, 3.8) is 0 Å². The lowest BCUT2D eigenvalue weighted by Gasteiger charge is -2.28. The van der Waals surface area contributed by atoms with Gasteiger partial charge in [0.05, 0.1) is 5.56 Å². The largest absolute Gasteiger partial charge is 0.480 e. The van der Waals surface area contributed by atoms with Crippen molar-refractivity contribution < 1.29 is 45.4 Å². The van der Waals surface area contributed by atoms with Crippen LogP contribution in [0.5, 0.6) is 0 Å². The van der Waals surface area contributed by atoms with Gasteiger partial charge in [-0.15, -0.1) is 0 Å². The molecule has 6 rings (SSSR count). The summed E-state index contributed by atoms with van der Waals surface area (Å²) in [6.45, 7) is -3.14. The minimum Gasteiger partial charge on any atom is -0.480 e. The van der Waals surface area contributed by atoms with Gasteiger partial charge in [-0.2, -0.15) is 26.3 Å². The van der Waals surface area contributed by atoms with Crippen LogP contribution in [0.3, 0.4) is 0 Å². The van der Waals surface area contributed by atoms with Crippen molar-refractivity contribution in [1.29, 1.82) is 0 Å². The van der Waals surface area contributed by atoms with E-state index in [1.807, 2.05) is 48.5 Å². The maximum Gasteiger partial charge on any atom is 0.405 e. The fourth-order valence-corrected chi connectivity index (χ4v) is 6.85. The molecule has 52 heavy (non-hydrogen) atoms. The number of carbonyl (C=O) groups is 2. The summed E-state index contributed by atoms with van der Waals surface area (Å²) in [5.74, 6) is -3.96. The first-order valence-corrected chi connectivity index (χ1v) is 16.5. The maximum atomic E-state index is 15.8. The molecule has 0 unspecified atom stereocenters. The van der Waals surface area contributed by atoms with Crippen molar-refractivity contribution in [3.05, 3.63) is 108 Å². The first kappa shape index (κ1) is 36.5. The number of amides is 1. The van der Waals surface area contributed by atoms with Crippen LogP contribution in [0, 0.1) is 5.82 Å². The van der Waals surface area contributed by atoms with Crippen LogP contribution in [0.1, 0.15) is 34.3 Å². The van der Waals surface area contributed by atoms with Gasteiger partial charge < -0.3 is 15.3 Å². The molecule has 1 aliphatic rings. The molecule has 272 valence electrons. The number of nitrogens with one attached hydrogen (secondary N) is 1. The standard InChI is InChI=1S/C38H33F7N4O3/c39-32-18-26(49(21-37(40,41)42)22-38(43,44)45)16-25(20-48-14-1-2-15-48)34(32)35(50)47-33(36(51)52)17-24-7-4-9-28-27(24)8-5-11-29(28)30-10-3-6-23-12-13-46-19-31(23)30/h3-13,16,18-19,33H,1-2,14-15,17,20-22H2,(H,47,50)(H,51,52)/t33-/m0/s1. The molecule has 1 saturated heterocycles. The van der Waals surface area contributed by atoms with Gasteiger partial charge in [0.15, 0.2) is 0 Å². The monoisotopic (exact) mass is 726 g/mol. The summed E-state index contributed by atoms with van der Waals surface area (Å²) in [6.07, 6.45) is -5.35. The predicted octanol–water partition coefficient (Wildman–Crippen LogP) is 8.15. The number of alkyl halides is 6. The Morgan fingerprint density at radius 3 is 2.13 bits per heavy atom. The SMILES string of the molecule is O=C(N[C@@H](Cc1cccc2c(-c3cccc4ccncc34)cccc12)C(=O)O)c1c(F)cc(N(CC(F)(F)F)CC(F)(F)F)cc1CN1CCCC1. The first-order valence-electron chi connectivity index (χ1n) is 16.5. The lowest BCUT2D eigenvalue weighted by atomic mass is 9.91. The molecule has 4 aromatic carbocycles. The fraction of sp³-hybridized carbons (Fsp3) is 0.289. The first-order chi connectivity index (χ1) is 24.7. The Labute approximate surface area is 293 Å². The highest BCUT2D eigenvalue weighted by molar-refractivity contribution is 6.06. The van der Waals surface area contributed by atoms with Crippen molar-refractivity contribution in [2.45, 2.75) is 44.2 Å². The Balaban J connectivity index is 1.34. The Hall–Kier alpha value is -5.24. The molecule has 1 aliphatic heterocycles. The minimum absolute atomic E-state index is 0.0398. The van der Waals surface area contributed by atoms with Crippen LogP contribution in [0.15, 0.2) is 85.2 Å². The van der Waals surface area contributed by atoms with Gasteiger partial charge in [0.1, 0.15) is 24.9 Å². The number of benzene rings is 4. The maximum absolute atomic E-state index is 15.8. The van der Waals surface area contributed by atoms with Crippen LogP contribution in [-0.4, -0.2) is 71.4 Å². The lowest BCUT2D eigenvalue weighted by Crippen LogP contribution is -2.43. The number of fused-ring (bicyclic) bond motifs is 2. The molecular weight excluding hydrogens is 693 g/mol. The zero-order valence-electron chi connectivity index (χ0n) is 27.6. The molecule has 0 radical (unpaired) electrons. The van der Waals surface area contributed by atoms with Crippen LogP contribution < -0.4 is 10.2 Å². The van der Waals surface area contributed by atoms with Gasteiger partial charge in [-0.3, -0.25) is 14.7 Å². The number of pyridine rings is 1. The third kappa shape index (κ3) is 8.44. The van der Waals surface area contributed by atoms with Crippen LogP contribution in [0.4, 0.5) is 36.4 Å². The molecule has 1 amide bonds. The molecule has 1 atom stereocenters. The third-order valence-corrected chi connectivity index (χ3v) is 9.10. The number of aliphatic carboxylic acids is 1. The van der Waals surface area contributed by atoms with Gasteiger partial charge >= 0.3 is 18.3 Å². The average Bonchev–Trinajstić information content (AvgIpc) is 3.59. The molecule has 5 aromatic rings. The van der Waals surface area contributed by atoms with Gasteiger partial charge in [0, 0.05) is 36.4 Å². The van der Waals surface area contributed by atoms with Crippen molar-refractivity contribution in [1.82, 2.24) is 15.2 Å². The van der Waals surface area contributed by atoms with Gasteiger partial charge in [0.2, 0.25) is 0 Å². The van der Waals surface area contributed by atoms with Gasteiger partial charge in [0.25, 0.3) is 5.91 Å². The smallest absolute Gasteiger partial charge is 0.405 e. The second kappa shape index (κ2) is 14.8. The van der Waals surface area contributed by atoms with E-state index in [-0.39, 0.29) is 23.4 Å². The molecule has 0 aliphatic carbocycles. The third-order valence-electron chi connectivity index (χ3n) is 9.10. The molecule has 0 spiro atoms. The number of carboxylic acids is 1. The Kier molecular flexibility index (Phi) is 10.4. The van der Waals surface area contributed by atoms with E-state index in [1.54, 1.807) is 29.4 Å². The summed E-state index contributed by atoms with van der Waals surface area (Å²) in [5.41, 5.74) is 0.824. The van der Waals surface area contributed by atoms with Crippen LogP contribution in [0.25, 0.3) is 32.7 Å². The lowest BCUT2D eigenvalue weighted by molar-refractivity contribution is -0.139. The molecule has 7 nitrogen and oxygen atoms in total. The summed E-state index contributed by atoms with van der Waals surface area (Å²) in [4.78, 5) is 32.3. The van der Waals surface area contributed by atoms with Gasteiger partial charge in [-0.1, -0.05) is 54.6 Å². The van der Waals surface area contributed by atoms with Crippen molar-refractivity contribution in [3.8, 4) is 11.1 Å². The normalized spacial score (nSPS) is 14.5. The number of hydrogen-bond donors (Lipinski definition) is 2.